The second-order valence-electron chi connectivity index (χ2n) is 8.52. The number of aromatic nitrogens is 2. The molecule has 1 fully saturated rings. The van der Waals surface area contributed by atoms with Crippen LogP contribution in [0.3, 0.4) is 0 Å². The first-order chi connectivity index (χ1) is 16.7. The van der Waals surface area contributed by atoms with Gasteiger partial charge in [0.25, 0.3) is 0 Å². The summed E-state index contributed by atoms with van der Waals surface area (Å²) >= 11 is 0. The highest BCUT2D eigenvalue weighted by Gasteiger charge is 2.32. The number of benzene rings is 2. The molecule has 0 bridgehead atoms. The quantitative estimate of drug-likeness (QED) is 0.505. The van der Waals surface area contributed by atoms with Crippen molar-refractivity contribution >= 4 is 33.2 Å². The molecule has 2 aromatic carbocycles. The van der Waals surface area contributed by atoms with Crippen LogP contribution in [0.5, 0.6) is 0 Å². The molecule has 0 radical (unpaired) electrons. The Morgan fingerprint density at radius 3 is 2.09 bits per heavy atom. The fourth-order valence-electron chi connectivity index (χ4n) is 4.03. The molecule has 2 heterocycles. The van der Waals surface area contributed by atoms with Gasteiger partial charge in [0.05, 0.1) is 4.90 Å². The Morgan fingerprint density at radius 2 is 1.54 bits per heavy atom. The predicted molar refractivity (Wildman–Crippen MR) is 130 cm³/mol. The van der Waals surface area contributed by atoms with Gasteiger partial charge in [-0.2, -0.15) is 4.31 Å². The maximum absolute atomic E-state index is 12.9. The molecule has 1 saturated heterocycles. The van der Waals surface area contributed by atoms with Crippen molar-refractivity contribution in [3.8, 4) is 0 Å². The van der Waals surface area contributed by atoms with Crippen LogP contribution in [-0.2, 0) is 21.9 Å². The fourth-order valence-corrected chi connectivity index (χ4v) is 5.50. The Labute approximate surface area is 203 Å². The Morgan fingerprint density at radius 1 is 0.943 bits per heavy atom. The molecule has 0 atom stereocenters. The second-order valence-corrected chi connectivity index (χ2v) is 10.5. The minimum absolute atomic E-state index is 0.130. The number of amides is 1. The lowest BCUT2D eigenvalue weighted by molar-refractivity contribution is -0.120. The first-order valence-electron chi connectivity index (χ1n) is 11.2. The van der Waals surface area contributed by atoms with Crippen molar-refractivity contribution in [3.05, 3.63) is 77.9 Å². The van der Waals surface area contributed by atoms with Crippen LogP contribution in [0.2, 0.25) is 0 Å². The van der Waals surface area contributed by atoms with Crippen LogP contribution in [-0.4, -0.2) is 52.8 Å². The first-order valence-corrected chi connectivity index (χ1v) is 12.6. The summed E-state index contributed by atoms with van der Waals surface area (Å²) in [6.07, 6.45) is 4.05. The highest BCUT2D eigenvalue weighted by molar-refractivity contribution is 7.89. The van der Waals surface area contributed by atoms with Crippen LogP contribution in [0.4, 0.5) is 5.69 Å². The minimum Gasteiger partial charge on any atom is -0.331 e. The number of hydrogen-bond acceptors (Lipinski definition) is 6. The van der Waals surface area contributed by atoms with Crippen LogP contribution < -0.4 is 5.32 Å². The van der Waals surface area contributed by atoms with Crippen molar-refractivity contribution in [2.45, 2.75) is 24.7 Å². The summed E-state index contributed by atoms with van der Waals surface area (Å²) in [5, 5.41) is 2.86. The molecule has 1 amide bonds. The number of piperidine rings is 1. The first kappa shape index (κ1) is 24.5. The van der Waals surface area contributed by atoms with E-state index in [1.807, 2.05) is 0 Å². The highest BCUT2D eigenvalue weighted by Crippen LogP contribution is 2.25. The molecule has 1 N–H and O–H groups in total. The van der Waals surface area contributed by atoms with Gasteiger partial charge in [-0.25, -0.2) is 13.4 Å². The number of anilines is 1. The molecule has 4 rings (SSSR count). The fraction of sp³-hybridized carbons (Fsp3) is 0.280. The molecule has 0 saturated carbocycles. The number of imidazole rings is 1. The summed E-state index contributed by atoms with van der Waals surface area (Å²) < 4.78 is 28.9. The van der Waals surface area contributed by atoms with Crippen molar-refractivity contribution < 1.29 is 22.8 Å². The van der Waals surface area contributed by atoms with E-state index in [0.29, 0.717) is 35.5 Å². The summed E-state index contributed by atoms with van der Waals surface area (Å²) in [4.78, 5) is 40.9. The summed E-state index contributed by atoms with van der Waals surface area (Å²) in [5.41, 5.74) is 1.48. The summed E-state index contributed by atoms with van der Waals surface area (Å²) in [6, 6.07) is 12.5. The Hall–Kier alpha value is -3.63. The number of nitrogens with zero attached hydrogens (tertiary/aromatic N) is 3. The average Bonchev–Trinajstić information content (AvgIpc) is 3.30. The Bertz CT molecular complexity index is 1350. The monoisotopic (exact) mass is 494 g/mol. The Kier molecular flexibility index (Phi) is 6.95. The molecule has 35 heavy (non-hydrogen) atoms. The van der Waals surface area contributed by atoms with Gasteiger partial charge in [0.1, 0.15) is 0 Å². The molecular formula is C25H26N4O5S. The lowest BCUT2D eigenvalue weighted by Crippen LogP contribution is -2.41. The van der Waals surface area contributed by atoms with Gasteiger partial charge in [-0.15, -0.1) is 0 Å². The van der Waals surface area contributed by atoms with Gasteiger partial charge in [0.2, 0.25) is 21.7 Å². The number of rotatable bonds is 7. The zero-order valence-corrected chi connectivity index (χ0v) is 20.3. The summed E-state index contributed by atoms with van der Waals surface area (Å²) in [6.45, 7) is 1.88. The molecule has 1 aliphatic rings. The van der Waals surface area contributed by atoms with E-state index >= 15 is 0 Å². The van der Waals surface area contributed by atoms with Gasteiger partial charge >= 0.3 is 0 Å². The molecule has 0 spiro atoms. The topological polar surface area (TPSA) is 118 Å². The number of ketones is 2. The SMILES string of the molecule is CC(=O)c1ccc(S(=O)(=O)N2CCC(C(=O)Nc3ccc(C(=O)c4nccn4C)cc3)CC2)cc1. The van der Waals surface area contributed by atoms with Crippen molar-refractivity contribution in [2.75, 3.05) is 18.4 Å². The maximum atomic E-state index is 12.9. The van der Waals surface area contributed by atoms with E-state index < -0.39 is 10.0 Å². The third kappa shape index (κ3) is 5.23. The van der Waals surface area contributed by atoms with Gasteiger partial charge in [0, 0.05) is 55.3 Å². The zero-order chi connectivity index (χ0) is 25.2. The zero-order valence-electron chi connectivity index (χ0n) is 19.5. The van der Waals surface area contributed by atoms with Gasteiger partial charge in [-0.1, -0.05) is 12.1 Å². The van der Waals surface area contributed by atoms with Crippen LogP contribution in [0.1, 0.15) is 46.3 Å². The molecule has 1 aromatic heterocycles. The van der Waals surface area contributed by atoms with Gasteiger partial charge in [-0.3, -0.25) is 14.4 Å². The van der Waals surface area contributed by atoms with Gasteiger partial charge < -0.3 is 9.88 Å². The number of sulfonamides is 1. The summed E-state index contributed by atoms with van der Waals surface area (Å²) in [7, 11) is -1.95. The molecule has 1 aliphatic heterocycles. The number of Topliss-reactive ketones (excluding diaryl/α,β-unsaturated/α-hetero) is 1. The number of aryl methyl sites for hydroxylation is 1. The molecular weight excluding hydrogens is 468 g/mol. The third-order valence-electron chi connectivity index (χ3n) is 6.16. The third-order valence-corrected chi connectivity index (χ3v) is 8.08. The second kappa shape index (κ2) is 9.93. The van der Waals surface area contributed by atoms with E-state index in [4.69, 9.17) is 0 Å². The normalized spacial score (nSPS) is 15.0. The van der Waals surface area contributed by atoms with E-state index in [2.05, 4.69) is 10.3 Å². The number of hydrogen-bond donors (Lipinski definition) is 1. The van der Waals surface area contributed by atoms with E-state index in [9.17, 15) is 22.8 Å². The lowest BCUT2D eigenvalue weighted by atomic mass is 9.97. The van der Waals surface area contributed by atoms with Crippen LogP contribution in [0, 0.1) is 5.92 Å². The molecule has 0 aliphatic carbocycles. The standard InChI is InChI=1S/C25H26N4O5S/c1-17(30)18-5-9-22(10-6-18)35(33,34)29-14-11-20(12-15-29)25(32)27-21-7-3-19(4-8-21)23(31)24-26-13-16-28(24)2/h3-10,13,16,20H,11-12,14-15H2,1-2H3,(H,27,32). The van der Waals surface area contributed by atoms with E-state index in [0.717, 1.165) is 0 Å². The molecule has 0 unspecified atom stereocenters. The van der Waals surface area contributed by atoms with E-state index in [1.54, 1.807) is 48.3 Å². The average molecular weight is 495 g/mol. The molecule has 182 valence electrons. The van der Waals surface area contributed by atoms with Gasteiger partial charge in [-0.05, 0) is 56.2 Å². The van der Waals surface area contributed by atoms with Crippen LogP contribution in [0.15, 0.2) is 65.8 Å². The highest BCUT2D eigenvalue weighted by atomic mass is 32.2. The van der Waals surface area contributed by atoms with Crippen molar-refractivity contribution in [3.63, 3.8) is 0 Å². The molecule has 9 nitrogen and oxygen atoms in total. The largest absolute Gasteiger partial charge is 0.331 e. The van der Waals surface area contributed by atoms with E-state index in [-0.39, 0.29) is 41.4 Å². The smallest absolute Gasteiger partial charge is 0.243 e. The minimum atomic E-state index is -3.70. The maximum Gasteiger partial charge on any atom is 0.243 e. The predicted octanol–water partition coefficient (Wildman–Crippen LogP) is 2.89. The van der Waals surface area contributed by atoms with E-state index in [1.165, 1.54) is 35.5 Å². The van der Waals surface area contributed by atoms with Crippen molar-refractivity contribution in [1.29, 1.82) is 0 Å². The summed E-state index contributed by atoms with van der Waals surface area (Å²) in [5.74, 6) is -0.514. The number of carbonyl (C=O) groups is 3. The van der Waals surface area contributed by atoms with Crippen LogP contribution in [0.25, 0.3) is 0 Å². The molecule has 3 aromatic rings. The number of carbonyl (C=O) groups excluding carboxylic acids is 3. The Balaban J connectivity index is 1.34. The molecule has 10 heteroatoms. The number of nitrogens with one attached hydrogen (secondary N) is 1. The lowest BCUT2D eigenvalue weighted by Gasteiger charge is -2.30. The van der Waals surface area contributed by atoms with Crippen molar-refractivity contribution in [2.24, 2.45) is 13.0 Å². The van der Waals surface area contributed by atoms with Gasteiger partial charge in [0.15, 0.2) is 11.6 Å². The van der Waals surface area contributed by atoms with Crippen LogP contribution >= 0.6 is 0 Å². The van der Waals surface area contributed by atoms with Crippen molar-refractivity contribution in [1.82, 2.24) is 13.9 Å².